The molecule has 1 heterocycles. The Hall–Kier alpha value is -1.84. The number of fused-ring (bicyclic) bond motifs is 2. The summed E-state index contributed by atoms with van der Waals surface area (Å²) in [5.74, 6) is -0.0139. The maximum atomic E-state index is 12.2. The first-order valence-corrected chi connectivity index (χ1v) is 6.67. The molecular formula is C15H17NO3. The first kappa shape index (κ1) is 12.2. The summed E-state index contributed by atoms with van der Waals surface area (Å²) in [5, 5.41) is 0. The van der Waals surface area contributed by atoms with E-state index in [0.29, 0.717) is 13.0 Å². The topological polar surface area (TPSA) is 46.6 Å². The van der Waals surface area contributed by atoms with E-state index in [1.807, 2.05) is 35.2 Å². The second-order valence-corrected chi connectivity index (χ2v) is 5.34. The SMILES string of the molecule is CC(=O)O[C@@H]1C[C@@H]2C[C@H]1N(Cc1ccccc1)C2=O. The number of carbonyl (C=O) groups excluding carboxylic acids is 2. The number of piperidine rings is 1. The Balaban J connectivity index is 1.74. The molecule has 100 valence electrons. The molecule has 3 atom stereocenters. The number of benzene rings is 1. The van der Waals surface area contributed by atoms with Crippen molar-refractivity contribution in [2.75, 3.05) is 0 Å². The molecule has 0 radical (unpaired) electrons. The van der Waals surface area contributed by atoms with Gasteiger partial charge < -0.3 is 9.64 Å². The predicted octanol–water partition coefficient (Wildman–Crippen LogP) is 1.74. The molecule has 0 aromatic heterocycles. The molecule has 2 aliphatic rings. The van der Waals surface area contributed by atoms with Gasteiger partial charge in [-0.3, -0.25) is 9.59 Å². The number of esters is 1. The third kappa shape index (κ3) is 2.23. The zero-order valence-electron chi connectivity index (χ0n) is 10.9. The molecule has 0 unspecified atom stereocenters. The van der Waals surface area contributed by atoms with Crippen molar-refractivity contribution in [2.24, 2.45) is 5.92 Å². The van der Waals surface area contributed by atoms with Crippen LogP contribution in [0.15, 0.2) is 30.3 Å². The molecule has 4 heteroatoms. The van der Waals surface area contributed by atoms with E-state index in [2.05, 4.69) is 0 Å². The number of rotatable bonds is 3. The zero-order chi connectivity index (χ0) is 13.4. The maximum Gasteiger partial charge on any atom is 0.302 e. The molecule has 19 heavy (non-hydrogen) atoms. The molecule has 1 aromatic carbocycles. The molecule has 2 bridgehead atoms. The Morgan fingerprint density at radius 1 is 1.32 bits per heavy atom. The lowest BCUT2D eigenvalue weighted by Crippen LogP contribution is -2.45. The minimum absolute atomic E-state index is 0.0399. The lowest BCUT2D eigenvalue weighted by atomic mass is 10.1. The second-order valence-electron chi connectivity index (χ2n) is 5.34. The number of amides is 1. The van der Waals surface area contributed by atoms with Crippen LogP contribution in [0.1, 0.15) is 25.3 Å². The third-order valence-corrected chi connectivity index (χ3v) is 4.02. The molecule has 1 aromatic rings. The van der Waals surface area contributed by atoms with Gasteiger partial charge in [-0.2, -0.15) is 0 Å². The van der Waals surface area contributed by atoms with Crippen LogP contribution in [0.5, 0.6) is 0 Å². The number of likely N-dealkylation sites (tertiary alicyclic amines) is 1. The van der Waals surface area contributed by atoms with Gasteiger partial charge in [0.25, 0.3) is 0 Å². The predicted molar refractivity (Wildman–Crippen MR) is 69.1 cm³/mol. The van der Waals surface area contributed by atoms with E-state index in [4.69, 9.17) is 4.74 Å². The van der Waals surface area contributed by atoms with E-state index in [0.717, 1.165) is 12.0 Å². The first-order valence-electron chi connectivity index (χ1n) is 6.67. The van der Waals surface area contributed by atoms with Gasteiger partial charge in [0, 0.05) is 19.4 Å². The van der Waals surface area contributed by atoms with Crippen LogP contribution in [0.25, 0.3) is 0 Å². The quantitative estimate of drug-likeness (QED) is 0.777. The van der Waals surface area contributed by atoms with Crippen LogP contribution in [-0.4, -0.2) is 28.9 Å². The van der Waals surface area contributed by atoms with Crippen molar-refractivity contribution < 1.29 is 14.3 Å². The van der Waals surface area contributed by atoms with Crippen LogP contribution in [0.3, 0.4) is 0 Å². The van der Waals surface area contributed by atoms with Crippen molar-refractivity contribution in [2.45, 2.75) is 38.5 Å². The fraction of sp³-hybridized carbons (Fsp3) is 0.467. The molecule has 0 spiro atoms. The average molecular weight is 259 g/mol. The molecular weight excluding hydrogens is 242 g/mol. The van der Waals surface area contributed by atoms with Crippen molar-refractivity contribution in [3.8, 4) is 0 Å². The Kier molecular flexibility index (Phi) is 3.01. The molecule has 3 rings (SSSR count). The summed E-state index contributed by atoms with van der Waals surface area (Å²) in [6, 6.07) is 9.99. The molecule has 1 saturated carbocycles. The summed E-state index contributed by atoms with van der Waals surface area (Å²) in [5.41, 5.74) is 1.12. The van der Waals surface area contributed by atoms with Gasteiger partial charge in [-0.25, -0.2) is 0 Å². The van der Waals surface area contributed by atoms with Gasteiger partial charge in [0.05, 0.1) is 6.04 Å². The highest BCUT2D eigenvalue weighted by Crippen LogP contribution is 2.41. The molecule has 0 N–H and O–H groups in total. The van der Waals surface area contributed by atoms with Gasteiger partial charge >= 0.3 is 5.97 Å². The highest BCUT2D eigenvalue weighted by molar-refractivity contribution is 5.83. The minimum atomic E-state index is -0.260. The van der Waals surface area contributed by atoms with Crippen LogP contribution in [0.2, 0.25) is 0 Å². The number of carbonyl (C=O) groups is 2. The monoisotopic (exact) mass is 259 g/mol. The minimum Gasteiger partial charge on any atom is -0.460 e. The fourth-order valence-corrected chi connectivity index (χ4v) is 3.22. The smallest absolute Gasteiger partial charge is 0.302 e. The molecule has 4 nitrogen and oxygen atoms in total. The molecule has 1 saturated heterocycles. The second kappa shape index (κ2) is 4.68. The van der Waals surface area contributed by atoms with Crippen molar-refractivity contribution in [1.82, 2.24) is 4.90 Å². The lowest BCUT2D eigenvalue weighted by molar-refractivity contribution is -0.155. The van der Waals surface area contributed by atoms with Gasteiger partial charge in [0.15, 0.2) is 0 Å². The highest BCUT2D eigenvalue weighted by Gasteiger charge is 2.51. The van der Waals surface area contributed by atoms with E-state index in [1.165, 1.54) is 6.92 Å². The van der Waals surface area contributed by atoms with Gasteiger partial charge in [-0.1, -0.05) is 30.3 Å². The van der Waals surface area contributed by atoms with Crippen LogP contribution < -0.4 is 0 Å². The summed E-state index contributed by atoms with van der Waals surface area (Å²) in [7, 11) is 0. The Morgan fingerprint density at radius 3 is 2.68 bits per heavy atom. The largest absolute Gasteiger partial charge is 0.460 e. The highest BCUT2D eigenvalue weighted by atomic mass is 16.5. The van der Waals surface area contributed by atoms with E-state index in [9.17, 15) is 9.59 Å². The number of ether oxygens (including phenoxy) is 1. The van der Waals surface area contributed by atoms with Crippen molar-refractivity contribution in [1.29, 1.82) is 0 Å². The summed E-state index contributed by atoms with van der Waals surface area (Å²) in [6.45, 7) is 2.04. The summed E-state index contributed by atoms with van der Waals surface area (Å²) in [6.07, 6.45) is 1.39. The standard InChI is InChI=1S/C15H17NO3/c1-10(17)19-14-8-12-7-13(14)16(15(12)18)9-11-5-3-2-4-6-11/h2-6,12-14H,7-9H2,1H3/t12-,13+,14+/m0/s1. The first-order chi connectivity index (χ1) is 9.15. The van der Waals surface area contributed by atoms with Crippen molar-refractivity contribution in [3.63, 3.8) is 0 Å². The van der Waals surface area contributed by atoms with Crippen molar-refractivity contribution in [3.05, 3.63) is 35.9 Å². The Labute approximate surface area is 112 Å². The van der Waals surface area contributed by atoms with Gasteiger partial charge in [-0.05, 0) is 18.4 Å². The van der Waals surface area contributed by atoms with Crippen LogP contribution >= 0.6 is 0 Å². The number of hydrogen-bond donors (Lipinski definition) is 0. The lowest BCUT2D eigenvalue weighted by Gasteiger charge is -2.32. The maximum absolute atomic E-state index is 12.2. The summed E-state index contributed by atoms with van der Waals surface area (Å²) < 4.78 is 5.33. The van der Waals surface area contributed by atoms with Gasteiger partial charge in [0.2, 0.25) is 5.91 Å². The van der Waals surface area contributed by atoms with Gasteiger partial charge in [-0.15, -0.1) is 0 Å². The normalized spacial score (nSPS) is 28.8. The summed E-state index contributed by atoms with van der Waals surface area (Å²) in [4.78, 5) is 25.2. The van der Waals surface area contributed by atoms with Gasteiger partial charge in [0.1, 0.15) is 6.10 Å². The molecule has 1 amide bonds. The Bertz CT molecular complexity index is 499. The van der Waals surface area contributed by atoms with E-state index in [-0.39, 0.29) is 29.9 Å². The summed E-state index contributed by atoms with van der Waals surface area (Å²) >= 11 is 0. The molecule has 1 aliphatic heterocycles. The Morgan fingerprint density at radius 2 is 2.05 bits per heavy atom. The zero-order valence-corrected chi connectivity index (χ0v) is 10.9. The van der Waals surface area contributed by atoms with E-state index in [1.54, 1.807) is 0 Å². The average Bonchev–Trinajstić information content (AvgIpc) is 2.90. The van der Waals surface area contributed by atoms with Crippen LogP contribution in [0.4, 0.5) is 0 Å². The number of nitrogens with zero attached hydrogens (tertiary/aromatic N) is 1. The molecule has 2 fully saturated rings. The van der Waals surface area contributed by atoms with Crippen molar-refractivity contribution >= 4 is 11.9 Å². The third-order valence-electron chi connectivity index (χ3n) is 4.02. The molecule has 1 aliphatic carbocycles. The van der Waals surface area contributed by atoms with E-state index >= 15 is 0 Å². The van der Waals surface area contributed by atoms with Crippen LogP contribution in [-0.2, 0) is 20.9 Å². The van der Waals surface area contributed by atoms with E-state index < -0.39 is 0 Å². The fourth-order valence-electron chi connectivity index (χ4n) is 3.22. The van der Waals surface area contributed by atoms with Crippen LogP contribution in [0, 0.1) is 5.92 Å². The number of hydrogen-bond acceptors (Lipinski definition) is 3.